The molecule has 3 aromatic heterocycles. The van der Waals surface area contributed by atoms with E-state index in [1.54, 1.807) is 17.5 Å². The van der Waals surface area contributed by atoms with Gasteiger partial charge in [0.15, 0.2) is 0 Å². The second-order valence-electron chi connectivity index (χ2n) is 5.82. The molecule has 0 fully saturated rings. The lowest BCUT2D eigenvalue weighted by Gasteiger charge is -2.14. The zero-order valence-electron chi connectivity index (χ0n) is 13.7. The molecule has 3 heterocycles. The second kappa shape index (κ2) is 6.85. The average Bonchev–Trinajstić information content (AvgIpc) is 3.31. The minimum absolute atomic E-state index is 0.725. The smallest absolute Gasteiger partial charge is 0.214 e. The van der Waals surface area contributed by atoms with Crippen molar-refractivity contribution in [1.29, 1.82) is 0 Å². The third-order valence-electron chi connectivity index (χ3n) is 3.97. The van der Waals surface area contributed by atoms with E-state index in [2.05, 4.69) is 31.6 Å². The highest BCUT2D eigenvalue weighted by Gasteiger charge is 2.12. The van der Waals surface area contributed by atoms with Crippen LogP contribution in [0.5, 0.6) is 0 Å². The summed E-state index contributed by atoms with van der Waals surface area (Å²) in [6.45, 7) is 1.88. The van der Waals surface area contributed by atoms with Crippen LogP contribution in [0.25, 0.3) is 16.2 Å². The molecule has 128 valence electrons. The molecule has 0 atom stereocenters. The summed E-state index contributed by atoms with van der Waals surface area (Å²) in [5, 5.41) is 6.34. The molecule has 4 aromatic rings. The van der Waals surface area contributed by atoms with Gasteiger partial charge < -0.3 is 9.47 Å². The highest BCUT2D eigenvalue weighted by atomic mass is 35.5. The van der Waals surface area contributed by atoms with Gasteiger partial charge in [0, 0.05) is 43.1 Å². The molecule has 0 aliphatic heterocycles. The van der Waals surface area contributed by atoms with Crippen molar-refractivity contribution < 1.29 is 0 Å². The Morgan fingerprint density at radius 3 is 2.80 bits per heavy atom. The summed E-state index contributed by atoms with van der Waals surface area (Å²) in [5.41, 5.74) is 1.95. The van der Waals surface area contributed by atoms with E-state index in [0.29, 0.717) is 0 Å². The Labute approximate surface area is 154 Å². The number of aromatic nitrogens is 5. The first-order chi connectivity index (χ1) is 12.2. The summed E-state index contributed by atoms with van der Waals surface area (Å²) >= 11 is 7.53. The van der Waals surface area contributed by atoms with Crippen molar-refractivity contribution in [2.45, 2.75) is 13.0 Å². The molecule has 8 heteroatoms. The summed E-state index contributed by atoms with van der Waals surface area (Å²) < 4.78 is 3.93. The summed E-state index contributed by atoms with van der Waals surface area (Å²) in [7, 11) is 2.06. The van der Waals surface area contributed by atoms with Gasteiger partial charge in [-0.15, -0.1) is 5.10 Å². The van der Waals surface area contributed by atoms with Crippen LogP contribution in [0.2, 0.25) is 5.02 Å². The van der Waals surface area contributed by atoms with Gasteiger partial charge in [0.1, 0.15) is 0 Å². The Balaban J connectivity index is 1.44. The molecule has 0 saturated carbocycles. The van der Waals surface area contributed by atoms with Crippen LogP contribution in [0.4, 0.5) is 5.13 Å². The number of hydrogen-bond donors (Lipinski definition) is 0. The number of hydrogen-bond acceptors (Lipinski definition) is 5. The summed E-state index contributed by atoms with van der Waals surface area (Å²) in [5.74, 6) is 0. The van der Waals surface area contributed by atoms with Gasteiger partial charge in [-0.2, -0.15) is 0 Å². The van der Waals surface area contributed by atoms with E-state index >= 15 is 0 Å². The van der Waals surface area contributed by atoms with Gasteiger partial charge in [0.2, 0.25) is 10.1 Å². The molecule has 0 aliphatic rings. The Morgan fingerprint density at radius 1 is 1.24 bits per heavy atom. The van der Waals surface area contributed by atoms with E-state index in [1.165, 1.54) is 0 Å². The standard InChI is InChI=1S/C17H17ClN6S/c1-22(8-2-9-23-10-7-19-12-23)17-21-24-11-15(20-16(24)25-17)13-3-5-14(18)6-4-13/h3-7,10-12H,2,8-9H2,1H3. The molecule has 0 spiro atoms. The molecular formula is C17H17ClN6S. The molecule has 0 aliphatic carbocycles. The third kappa shape index (κ3) is 3.52. The number of nitrogens with zero attached hydrogens (tertiary/aromatic N) is 6. The molecular weight excluding hydrogens is 356 g/mol. The maximum absolute atomic E-state index is 5.94. The zero-order chi connectivity index (χ0) is 17.2. The van der Waals surface area contributed by atoms with Gasteiger partial charge in [-0.3, -0.25) is 0 Å². The second-order valence-corrected chi connectivity index (χ2v) is 7.19. The van der Waals surface area contributed by atoms with Crippen LogP contribution in [0, 0.1) is 0 Å². The molecule has 0 unspecified atom stereocenters. The van der Waals surface area contributed by atoms with E-state index in [9.17, 15) is 0 Å². The highest BCUT2D eigenvalue weighted by molar-refractivity contribution is 7.20. The number of anilines is 1. The van der Waals surface area contributed by atoms with Crippen molar-refractivity contribution in [1.82, 2.24) is 24.1 Å². The lowest BCUT2D eigenvalue weighted by atomic mass is 10.2. The maximum atomic E-state index is 5.94. The number of imidazole rings is 2. The predicted octanol–water partition coefficient (Wildman–Crippen LogP) is 3.83. The van der Waals surface area contributed by atoms with E-state index < -0.39 is 0 Å². The summed E-state index contributed by atoms with van der Waals surface area (Å²) in [6.07, 6.45) is 8.62. The molecule has 1 aromatic carbocycles. The molecule has 0 saturated heterocycles. The quantitative estimate of drug-likeness (QED) is 0.516. The molecule has 0 N–H and O–H groups in total. The van der Waals surface area contributed by atoms with Crippen LogP contribution < -0.4 is 4.90 Å². The first-order valence-electron chi connectivity index (χ1n) is 7.98. The predicted molar refractivity (Wildman–Crippen MR) is 101 cm³/mol. The van der Waals surface area contributed by atoms with Crippen LogP contribution in [0.3, 0.4) is 0 Å². The van der Waals surface area contributed by atoms with E-state index in [-0.39, 0.29) is 0 Å². The van der Waals surface area contributed by atoms with Crippen molar-refractivity contribution in [3.8, 4) is 11.3 Å². The Morgan fingerprint density at radius 2 is 2.08 bits per heavy atom. The van der Waals surface area contributed by atoms with Gasteiger partial charge in [0.05, 0.1) is 18.2 Å². The van der Waals surface area contributed by atoms with Crippen LogP contribution in [-0.2, 0) is 6.54 Å². The number of benzene rings is 1. The van der Waals surface area contributed by atoms with Crippen LogP contribution in [-0.4, -0.2) is 37.7 Å². The van der Waals surface area contributed by atoms with E-state index in [0.717, 1.165) is 45.9 Å². The van der Waals surface area contributed by atoms with Gasteiger partial charge in [0.25, 0.3) is 0 Å². The van der Waals surface area contributed by atoms with Crippen molar-refractivity contribution in [2.75, 3.05) is 18.5 Å². The zero-order valence-corrected chi connectivity index (χ0v) is 15.3. The van der Waals surface area contributed by atoms with Gasteiger partial charge in [-0.1, -0.05) is 35.1 Å². The van der Waals surface area contributed by atoms with Gasteiger partial charge in [-0.25, -0.2) is 14.5 Å². The molecule has 4 rings (SSSR count). The van der Waals surface area contributed by atoms with Crippen molar-refractivity contribution in [2.24, 2.45) is 0 Å². The molecule has 6 nitrogen and oxygen atoms in total. The first-order valence-corrected chi connectivity index (χ1v) is 9.17. The largest absolute Gasteiger partial charge is 0.350 e. The summed E-state index contributed by atoms with van der Waals surface area (Å²) in [4.78, 5) is 11.8. The fraction of sp³-hybridized carbons (Fsp3) is 0.235. The number of aryl methyl sites for hydroxylation is 1. The molecule has 0 amide bonds. The normalized spacial score (nSPS) is 11.3. The third-order valence-corrected chi connectivity index (χ3v) is 5.26. The van der Waals surface area contributed by atoms with Crippen LogP contribution in [0.15, 0.2) is 49.2 Å². The highest BCUT2D eigenvalue weighted by Crippen LogP contribution is 2.26. The molecule has 25 heavy (non-hydrogen) atoms. The Hall–Kier alpha value is -2.38. The fourth-order valence-electron chi connectivity index (χ4n) is 2.61. The lowest BCUT2D eigenvalue weighted by molar-refractivity contribution is 0.636. The maximum Gasteiger partial charge on any atom is 0.214 e. The first kappa shape index (κ1) is 16.1. The molecule has 0 radical (unpaired) electrons. The van der Waals surface area contributed by atoms with Gasteiger partial charge in [-0.05, 0) is 18.6 Å². The average molecular weight is 373 g/mol. The Bertz CT molecular complexity index is 926. The summed E-state index contributed by atoms with van der Waals surface area (Å²) in [6, 6.07) is 7.68. The van der Waals surface area contributed by atoms with Gasteiger partial charge >= 0.3 is 0 Å². The van der Waals surface area contributed by atoms with Crippen molar-refractivity contribution in [3.63, 3.8) is 0 Å². The van der Waals surface area contributed by atoms with Crippen LogP contribution >= 0.6 is 22.9 Å². The van der Waals surface area contributed by atoms with Crippen molar-refractivity contribution >= 4 is 33.0 Å². The monoisotopic (exact) mass is 372 g/mol. The van der Waals surface area contributed by atoms with Crippen molar-refractivity contribution in [3.05, 3.63) is 54.2 Å². The van der Waals surface area contributed by atoms with Crippen LogP contribution in [0.1, 0.15) is 6.42 Å². The fourth-order valence-corrected chi connectivity index (χ4v) is 3.60. The number of halogens is 1. The minimum Gasteiger partial charge on any atom is -0.350 e. The Kier molecular flexibility index (Phi) is 4.42. The number of fused-ring (bicyclic) bond motifs is 1. The number of rotatable bonds is 6. The van der Waals surface area contributed by atoms with E-state index in [4.69, 9.17) is 11.6 Å². The van der Waals surface area contributed by atoms with E-state index in [1.807, 2.05) is 47.5 Å². The lowest BCUT2D eigenvalue weighted by Crippen LogP contribution is -2.19. The SMILES string of the molecule is CN(CCCn1ccnc1)c1nn2cc(-c3ccc(Cl)cc3)nc2s1. The molecule has 0 bridgehead atoms. The minimum atomic E-state index is 0.725. The topological polar surface area (TPSA) is 51.2 Å².